The van der Waals surface area contributed by atoms with Crippen molar-refractivity contribution in [3.05, 3.63) is 29.8 Å². The summed E-state index contributed by atoms with van der Waals surface area (Å²) in [6, 6.07) is 9.34. The molecule has 0 amide bonds. The lowest BCUT2D eigenvalue weighted by Gasteiger charge is -2.26. The number of methoxy groups -OCH3 is 1. The zero-order valence-electron chi connectivity index (χ0n) is 13.9. The lowest BCUT2D eigenvalue weighted by atomic mass is 9.94. The molecule has 1 unspecified atom stereocenters. The number of ether oxygens (including phenoxy) is 1. The molecule has 0 aliphatic rings. The predicted octanol–water partition coefficient (Wildman–Crippen LogP) is 4.81. The molecule has 1 aromatic rings. The zero-order valence-corrected chi connectivity index (χ0v) is 13.9. The Bertz CT molecular complexity index is 360. The van der Waals surface area contributed by atoms with Gasteiger partial charge in [-0.25, -0.2) is 0 Å². The fraction of sp³-hybridized carbons (Fsp3) is 0.667. The minimum atomic E-state index is 0.378. The van der Waals surface area contributed by atoms with E-state index in [4.69, 9.17) is 4.74 Å². The molecule has 1 N–H and O–H groups in total. The smallest absolute Gasteiger partial charge is 0.118 e. The average molecular weight is 277 g/mol. The Morgan fingerprint density at radius 1 is 0.900 bits per heavy atom. The molecular weight excluding hydrogens is 246 g/mol. The van der Waals surface area contributed by atoms with Gasteiger partial charge in [0.05, 0.1) is 7.11 Å². The fourth-order valence-electron chi connectivity index (χ4n) is 2.71. The highest BCUT2D eigenvalue weighted by Crippen LogP contribution is 2.21. The van der Waals surface area contributed by atoms with Gasteiger partial charge in [-0.15, -0.1) is 0 Å². The monoisotopic (exact) mass is 277 g/mol. The second-order valence-electron chi connectivity index (χ2n) is 6.62. The normalized spacial score (nSPS) is 13.2. The van der Waals surface area contributed by atoms with Crippen LogP contribution in [0.2, 0.25) is 0 Å². The van der Waals surface area contributed by atoms with Crippen molar-refractivity contribution in [1.29, 1.82) is 0 Å². The fourth-order valence-corrected chi connectivity index (χ4v) is 2.71. The molecule has 2 heteroatoms. The molecule has 1 atom stereocenters. The van der Waals surface area contributed by atoms with E-state index in [9.17, 15) is 0 Å². The third kappa shape index (κ3) is 5.96. The van der Waals surface area contributed by atoms with Crippen LogP contribution in [-0.4, -0.2) is 13.2 Å². The highest BCUT2D eigenvalue weighted by Gasteiger charge is 2.16. The van der Waals surface area contributed by atoms with Gasteiger partial charge in [0.1, 0.15) is 5.75 Å². The predicted molar refractivity (Wildman–Crippen MR) is 87.2 cm³/mol. The van der Waals surface area contributed by atoms with Crippen molar-refractivity contribution in [3.8, 4) is 5.75 Å². The Balaban J connectivity index is 2.65. The molecule has 0 heterocycles. The molecule has 0 aliphatic carbocycles. The van der Waals surface area contributed by atoms with E-state index < -0.39 is 0 Å². The van der Waals surface area contributed by atoms with Crippen molar-refractivity contribution in [3.63, 3.8) is 0 Å². The van der Waals surface area contributed by atoms with Crippen LogP contribution in [0.15, 0.2) is 24.3 Å². The maximum atomic E-state index is 5.21. The molecule has 0 aliphatic heterocycles. The third-order valence-electron chi connectivity index (χ3n) is 3.61. The number of benzene rings is 1. The maximum absolute atomic E-state index is 5.21. The maximum Gasteiger partial charge on any atom is 0.118 e. The van der Waals surface area contributed by atoms with Crippen LogP contribution in [0.3, 0.4) is 0 Å². The number of hydrogen-bond acceptors (Lipinski definition) is 2. The van der Waals surface area contributed by atoms with Gasteiger partial charge in [0.2, 0.25) is 0 Å². The molecule has 114 valence electrons. The Hall–Kier alpha value is -1.02. The molecule has 0 fully saturated rings. The summed E-state index contributed by atoms with van der Waals surface area (Å²) < 4.78 is 5.21. The van der Waals surface area contributed by atoms with Gasteiger partial charge >= 0.3 is 0 Å². The Morgan fingerprint density at radius 2 is 1.40 bits per heavy atom. The van der Waals surface area contributed by atoms with Gasteiger partial charge in [0.15, 0.2) is 0 Å². The van der Waals surface area contributed by atoms with Crippen LogP contribution in [0.4, 0.5) is 0 Å². The highest BCUT2D eigenvalue weighted by atomic mass is 16.5. The van der Waals surface area contributed by atoms with Crippen molar-refractivity contribution < 1.29 is 4.74 Å². The van der Waals surface area contributed by atoms with Crippen LogP contribution in [0.1, 0.15) is 59.1 Å². The third-order valence-corrected chi connectivity index (χ3v) is 3.61. The minimum absolute atomic E-state index is 0.378. The van der Waals surface area contributed by atoms with Crippen molar-refractivity contribution in [2.45, 2.75) is 59.5 Å². The standard InChI is InChI=1S/C18H31NO/c1-13(2)11-17(12-14(3)4)19-15(5)16-7-9-18(20-6)10-8-16/h7-10,13-15,17,19H,11-12H2,1-6H3. The van der Waals surface area contributed by atoms with Crippen LogP contribution >= 0.6 is 0 Å². The van der Waals surface area contributed by atoms with Gasteiger partial charge in [0.25, 0.3) is 0 Å². The summed E-state index contributed by atoms with van der Waals surface area (Å²) in [5.41, 5.74) is 1.32. The van der Waals surface area contributed by atoms with E-state index in [1.165, 1.54) is 18.4 Å². The Kier molecular flexibility index (Phi) is 7.08. The van der Waals surface area contributed by atoms with Gasteiger partial charge < -0.3 is 10.1 Å². The lowest BCUT2D eigenvalue weighted by Crippen LogP contribution is -2.33. The largest absolute Gasteiger partial charge is 0.497 e. The summed E-state index contributed by atoms with van der Waals surface area (Å²) in [4.78, 5) is 0. The number of nitrogens with one attached hydrogen (secondary N) is 1. The quantitative estimate of drug-likeness (QED) is 0.736. The first-order valence-corrected chi connectivity index (χ1v) is 7.82. The molecule has 0 saturated carbocycles. The second kappa shape index (κ2) is 8.31. The first kappa shape index (κ1) is 17.0. The van der Waals surface area contributed by atoms with Crippen molar-refractivity contribution in [1.82, 2.24) is 5.32 Å². The molecule has 0 aromatic heterocycles. The van der Waals surface area contributed by atoms with E-state index in [-0.39, 0.29) is 0 Å². The van der Waals surface area contributed by atoms with E-state index in [0.29, 0.717) is 12.1 Å². The van der Waals surface area contributed by atoms with Crippen LogP contribution in [0.25, 0.3) is 0 Å². The second-order valence-corrected chi connectivity index (χ2v) is 6.62. The van der Waals surface area contributed by atoms with Gasteiger partial charge in [0, 0.05) is 12.1 Å². The van der Waals surface area contributed by atoms with Gasteiger partial charge in [-0.2, -0.15) is 0 Å². The van der Waals surface area contributed by atoms with Crippen molar-refractivity contribution >= 4 is 0 Å². The zero-order chi connectivity index (χ0) is 15.1. The van der Waals surface area contributed by atoms with E-state index in [0.717, 1.165) is 17.6 Å². The SMILES string of the molecule is COc1ccc(C(C)NC(CC(C)C)CC(C)C)cc1. The van der Waals surface area contributed by atoms with E-state index in [1.54, 1.807) is 7.11 Å². The van der Waals surface area contributed by atoms with Crippen LogP contribution < -0.4 is 10.1 Å². The summed E-state index contributed by atoms with van der Waals surface area (Å²) in [5.74, 6) is 2.38. The molecule has 20 heavy (non-hydrogen) atoms. The molecule has 1 aromatic carbocycles. The highest BCUT2D eigenvalue weighted by molar-refractivity contribution is 5.28. The number of hydrogen-bond donors (Lipinski definition) is 1. The van der Waals surface area contributed by atoms with Gasteiger partial charge in [-0.05, 0) is 49.3 Å². The minimum Gasteiger partial charge on any atom is -0.497 e. The van der Waals surface area contributed by atoms with E-state index >= 15 is 0 Å². The Labute approximate surface area is 124 Å². The molecule has 0 radical (unpaired) electrons. The first-order chi connectivity index (χ1) is 9.42. The first-order valence-electron chi connectivity index (χ1n) is 7.82. The van der Waals surface area contributed by atoms with Gasteiger partial charge in [-0.1, -0.05) is 39.8 Å². The summed E-state index contributed by atoms with van der Waals surface area (Å²) in [5, 5.41) is 3.79. The lowest BCUT2D eigenvalue weighted by molar-refractivity contribution is 0.335. The van der Waals surface area contributed by atoms with Gasteiger partial charge in [-0.3, -0.25) is 0 Å². The summed E-state index contributed by atoms with van der Waals surface area (Å²) in [6.45, 7) is 11.4. The molecule has 2 nitrogen and oxygen atoms in total. The molecular formula is C18H31NO. The summed E-state index contributed by atoms with van der Waals surface area (Å²) >= 11 is 0. The van der Waals surface area contributed by atoms with Crippen LogP contribution in [-0.2, 0) is 0 Å². The Morgan fingerprint density at radius 3 is 1.80 bits per heavy atom. The van der Waals surface area contributed by atoms with E-state index in [1.807, 2.05) is 12.1 Å². The molecule has 0 bridgehead atoms. The van der Waals surface area contributed by atoms with E-state index in [2.05, 4.69) is 52.1 Å². The topological polar surface area (TPSA) is 21.3 Å². The van der Waals surface area contributed by atoms with Crippen LogP contribution in [0.5, 0.6) is 5.75 Å². The molecule has 0 saturated heterocycles. The van der Waals surface area contributed by atoms with Crippen molar-refractivity contribution in [2.75, 3.05) is 7.11 Å². The average Bonchev–Trinajstić information content (AvgIpc) is 2.37. The van der Waals surface area contributed by atoms with Crippen LogP contribution in [0, 0.1) is 11.8 Å². The molecule has 1 rings (SSSR count). The molecule has 0 spiro atoms. The van der Waals surface area contributed by atoms with Crippen molar-refractivity contribution in [2.24, 2.45) is 11.8 Å². The summed E-state index contributed by atoms with van der Waals surface area (Å²) in [6.07, 6.45) is 2.47. The summed E-state index contributed by atoms with van der Waals surface area (Å²) in [7, 11) is 1.71. The number of rotatable bonds is 8.